The first-order valence-corrected chi connectivity index (χ1v) is 12.6. The van der Waals surface area contributed by atoms with Gasteiger partial charge in [-0.1, -0.05) is 18.2 Å². The van der Waals surface area contributed by atoms with Gasteiger partial charge in [-0.05, 0) is 50.3 Å². The van der Waals surface area contributed by atoms with E-state index in [-0.39, 0.29) is 11.8 Å². The molecule has 1 aliphatic rings. The molecule has 3 aromatic heterocycles. The van der Waals surface area contributed by atoms with Crippen LogP contribution in [0, 0.1) is 0 Å². The fraction of sp³-hybridized carbons (Fsp3) is 0.280. The summed E-state index contributed by atoms with van der Waals surface area (Å²) >= 11 is 1.25. The molecule has 0 atom stereocenters. The molecule has 36 heavy (non-hydrogen) atoms. The molecule has 1 aliphatic heterocycles. The van der Waals surface area contributed by atoms with Crippen molar-refractivity contribution < 1.29 is 9.59 Å². The van der Waals surface area contributed by atoms with Crippen molar-refractivity contribution in [2.45, 2.75) is 6.42 Å². The van der Waals surface area contributed by atoms with Crippen molar-refractivity contribution in [1.82, 2.24) is 25.5 Å². The fourth-order valence-corrected chi connectivity index (χ4v) is 5.00. The third-order valence-corrected chi connectivity index (χ3v) is 7.21. The molecule has 1 fully saturated rings. The number of anilines is 3. The highest BCUT2D eigenvalue weighted by Gasteiger charge is 2.19. The van der Waals surface area contributed by atoms with Crippen LogP contribution in [-0.2, 0) is 0 Å². The highest BCUT2D eigenvalue weighted by molar-refractivity contribution is 7.20. The number of carbonyl (C=O) groups excluding carboxylic acids is 2. The van der Waals surface area contributed by atoms with Gasteiger partial charge in [-0.3, -0.25) is 25.1 Å². The highest BCUT2D eigenvalue weighted by Crippen LogP contribution is 2.29. The second-order valence-electron chi connectivity index (χ2n) is 8.77. The van der Waals surface area contributed by atoms with Crippen LogP contribution in [0.3, 0.4) is 0 Å². The maximum absolute atomic E-state index is 12.9. The zero-order valence-corrected chi connectivity index (χ0v) is 21.0. The summed E-state index contributed by atoms with van der Waals surface area (Å²) in [6, 6.07) is 14.9. The number of aromatic nitrogens is 3. The SMILES string of the molecule is CN1CCCN(c2ccc(C(=O)Nc3[nH]nc4sc(C(=O)NN(C)c5ccccc5)cc34)cn2)CC1. The predicted molar refractivity (Wildman–Crippen MR) is 143 cm³/mol. The maximum atomic E-state index is 12.9. The van der Waals surface area contributed by atoms with Crippen molar-refractivity contribution in [3.8, 4) is 0 Å². The summed E-state index contributed by atoms with van der Waals surface area (Å²) in [5.74, 6) is 0.776. The molecule has 1 saturated heterocycles. The average molecular weight is 505 g/mol. The number of hydrazine groups is 1. The minimum atomic E-state index is -0.295. The minimum absolute atomic E-state index is 0.249. The Morgan fingerprint density at radius 3 is 2.67 bits per heavy atom. The zero-order chi connectivity index (χ0) is 25.1. The van der Waals surface area contributed by atoms with Gasteiger partial charge in [0.2, 0.25) is 0 Å². The molecule has 0 bridgehead atoms. The molecule has 10 nitrogen and oxygen atoms in total. The van der Waals surface area contributed by atoms with E-state index >= 15 is 0 Å². The number of amides is 2. The molecular weight excluding hydrogens is 476 g/mol. The molecular formula is C25H28N8O2S. The first-order chi connectivity index (χ1) is 17.5. The Bertz CT molecular complexity index is 1350. The molecule has 3 N–H and O–H groups in total. The molecule has 0 unspecified atom stereocenters. The number of carbonyl (C=O) groups is 2. The molecule has 2 amide bonds. The van der Waals surface area contributed by atoms with Crippen LogP contribution >= 0.6 is 11.3 Å². The topological polar surface area (TPSA) is 109 Å². The molecule has 0 saturated carbocycles. The van der Waals surface area contributed by atoms with Gasteiger partial charge in [-0.15, -0.1) is 11.3 Å². The largest absolute Gasteiger partial charge is 0.355 e. The van der Waals surface area contributed by atoms with E-state index in [0.717, 1.165) is 44.1 Å². The van der Waals surface area contributed by atoms with E-state index in [1.165, 1.54) is 11.3 Å². The number of nitrogens with zero attached hydrogens (tertiary/aromatic N) is 5. The van der Waals surface area contributed by atoms with Crippen LogP contribution in [0.4, 0.5) is 17.3 Å². The lowest BCUT2D eigenvalue weighted by molar-refractivity contribution is 0.0954. The first kappa shape index (κ1) is 23.8. The number of thiophene rings is 1. The van der Waals surface area contributed by atoms with Crippen LogP contribution in [0.1, 0.15) is 26.5 Å². The summed E-state index contributed by atoms with van der Waals surface area (Å²) < 4.78 is 0. The van der Waals surface area contributed by atoms with E-state index in [1.54, 1.807) is 30.4 Å². The van der Waals surface area contributed by atoms with Gasteiger partial charge in [0.1, 0.15) is 16.5 Å². The number of pyridine rings is 1. The van der Waals surface area contributed by atoms with Gasteiger partial charge in [0.15, 0.2) is 0 Å². The Balaban J connectivity index is 1.25. The van der Waals surface area contributed by atoms with E-state index in [4.69, 9.17) is 0 Å². The standard InChI is InChI=1S/C25H28N8O2S/c1-31-11-6-12-33(14-13-31)21-10-9-17(16-26-21)23(34)27-22-19-15-20(36-25(19)29-28-22)24(35)30-32(2)18-7-4-3-5-8-18/h3-5,7-10,15-16H,6,11-14H2,1-2H3,(H,30,35)(H2,27,28,29,34). The van der Waals surface area contributed by atoms with Gasteiger partial charge in [0.25, 0.3) is 11.8 Å². The van der Waals surface area contributed by atoms with Crippen LogP contribution in [0.15, 0.2) is 54.7 Å². The second kappa shape index (κ2) is 10.3. The zero-order valence-electron chi connectivity index (χ0n) is 20.2. The first-order valence-electron chi connectivity index (χ1n) is 11.8. The number of fused-ring (bicyclic) bond motifs is 1. The molecule has 5 rings (SSSR count). The van der Waals surface area contributed by atoms with Crippen LogP contribution in [0.2, 0.25) is 0 Å². The maximum Gasteiger partial charge on any atom is 0.279 e. The Morgan fingerprint density at radius 1 is 1.06 bits per heavy atom. The van der Waals surface area contributed by atoms with E-state index < -0.39 is 0 Å². The number of nitrogens with one attached hydrogen (secondary N) is 3. The normalized spacial score (nSPS) is 14.4. The molecule has 0 spiro atoms. The van der Waals surface area contributed by atoms with E-state index in [2.05, 4.69) is 42.8 Å². The van der Waals surface area contributed by atoms with Crippen molar-refractivity contribution in [1.29, 1.82) is 0 Å². The van der Waals surface area contributed by atoms with Gasteiger partial charge in [0, 0.05) is 32.9 Å². The third-order valence-electron chi connectivity index (χ3n) is 6.18. The summed E-state index contributed by atoms with van der Waals surface area (Å²) in [6.07, 6.45) is 2.68. The Labute approximate surface area is 212 Å². The molecule has 4 aromatic rings. The lowest BCUT2D eigenvalue weighted by Gasteiger charge is -2.21. The number of hydrogen-bond donors (Lipinski definition) is 3. The summed E-state index contributed by atoms with van der Waals surface area (Å²) in [5.41, 5.74) is 4.17. The van der Waals surface area contributed by atoms with Gasteiger partial charge < -0.3 is 15.1 Å². The minimum Gasteiger partial charge on any atom is -0.355 e. The van der Waals surface area contributed by atoms with Crippen molar-refractivity contribution in [3.05, 3.63) is 65.2 Å². The van der Waals surface area contributed by atoms with Crippen LogP contribution < -0.4 is 20.7 Å². The molecule has 186 valence electrons. The number of para-hydroxylation sites is 1. The van der Waals surface area contributed by atoms with E-state index in [0.29, 0.717) is 26.5 Å². The second-order valence-corrected chi connectivity index (χ2v) is 9.80. The van der Waals surface area contributed by atoms with Gasteiger partial charge in [0.05, 0.1) is 21.5 Å². The number of benzene rings is 1. The van der Waals surface area contributed by atoms with Crippen molar-refractivity contribution in [2.75, 3.05) is 55.5 Å². The monoisotopic (exact) mass is 504 g/mol. The number of H-pyrrole nitrogens is 1. The number of aromatic amines is 1. The molecule has 1 aromatic carbocycles. The average Bonchev–Trinajstić information content (AvgIpc) is 3.41. The summed E-state index contributed by atoms with van der Waals surface area (Å²) in [7, 11) is 3.91. The predicted octanol–water partition coefficient (Wildman–Crippen LogP) is 3.19. The Morgan fingerprint density at radius 2 is 1.89 bits per heavy atom. The van der Waals surface area contributed by atoms with Crippen molar-refractivity contribution >= 4 is 50.7 Å². The van der Waals surface area contributed by atoms with Crippen molar-refractivity contribution in [3.63, 3.8) is 0 Å². The molecule has 0 radical (unpaired) electrons. The Hall–Kier alpha value is -3.96. The number of rotatable bonds is 6. The van der Waals surface area contributed by atoms with Gasteiger partial charge in [-0.25, -0.2) is 4.98 Å². The smallest absolute Gasteiger partial charge is 0.279 e. The van der Waals surface area contributed by atoms with E-state index in [1.807, 2.05) is 36.4 Å². The van der Waals surface area contributed by atoms with E-state index in [9.17, 15) is 9.59 Å². The quantitative estimate of drug-likeness (QED) is 0.346. The summed E-state index contributed by atoms with van der Waals surface area (Å²) in [5, 5.41) is 12.3. The fourth-order valence-electron chi connectivity index (χ4n) is 4.11. The number of likely N-dealkylation sites (N-methyl/N-ethyl adjacent to an activating group) is 1. The van der Waals surface area contributed by atoms with Crippen molar-refractivity contribution in [2.24, 2.45) is 0 Å². The molecule has 11 heteroatoms. The van der Waals surface area contributed by atoms with Gasteiger partial charge >= 0.3 is 0 Å². The summed E-state index contributed by atoms with van der Waals surface area (Å²) in [6.45, 7) is 3.93. The van der Waals surface area contributed by atoms with Crippen LogP contribution in [0.25, 0.3) is 10.2 Å². The lowest BCUT2D eigenvalue weighted by Crippen LogP contribution is -2.38. The lowest BCUT2D eigenvalue weighted by atomic mass is 10.2. The summed E-state index contributed by atoms with van der Waals surface area (Å²) in [4.78, 5) is 35.9. The number of hydrogen-bond acceptors (Lipinski definition) is 8. The van der Waals surface area contributed by atoms with Crippen LogP contribution in [-0.4, -0.2) is 72.2 Å². The molecule has 0 aliphatic carbocycles. The Kier molecular flexibility index (Phi) is 6.83. The molecule has 4 heterocycles. The third kappa shape index (κ3) is 5.16. The van der Waals surface area contributed by atoms with Crippen LogP contribution in [0.5, 0.6) is 0 Å². The highest BCUT2D eigenvalue weighted by atomic mass is 32.1. The van der Waals surface area contributed by atoms with Gasteiger partial charge in [-0.2, -0.15) is 5.10 Å².